The van der Waals surface area contributed by atoms with E-state index in [4.69, 9.17) is 9.47 Å². The Morgan fingerprint density at radius 3 is 2.68 bits per heavy atom. The standard InChI is InChI=1S/C16H23NO2/c1-3-12-4-7-15(18-2)14(8-12)16(10-19-11-16)9-17-13-5-6-13/h4,7-8,13,17H,3,5-6,9-11H2,1-2H3. The number of nitrogens with one attached hydrogen (secondary N) is 1. The number of methoxy groups -OCH3 is 1. The van der Waals surface area contributed by atoms with Gasteiger partial charge in [-0.25, -0.2) is 0 Å². The predicted octanol–water partition coefficient (Wildman–Crippen LogP) is 2.28. The molecule has 1 aliphatic heterocycles. The van der Waals surface area contributed by atoms with Gasteiger partial charge in [-0.15, -0.1) is 0 Å². The molecule has 3 heteroatoms. The van der Waals surface area contributed by atoms with E-state index in [1.165, 1.54) is 24.0 Å². The quantitative estimate of drug-likeness (QED) is 0.852. The van der Waals surface area contributed by atoms with Crippen LogP contribution in [-0.4, -0.2) is 32.9 Å². The minimum atomic E-state index is 0.110. The molecular formula is C16H23NO2. The van der Waals surface area contributed by atoms with Crippen LogP contribution in [-0.2, 0) is 16.6 Å². The average Bonchev–Trinajstić information content (AvgIpc) is 3.21. The van der Waals surface area contributed by atoms with Crippen LogP contribution in [0.1, 0.15) is 30.9 Å². The van der Waals surface area contributed by atoms with Gasteiger partial charge in [0, 0.05) is 18.2 Å². The number of hydrogen-bond donors (Lipinski definition) is 1. The molecule has 2 aliphatic rings. The van der Waals surface area contributed by atoms with Crippen LogP contribution in [0, 0.1) is 0 Å². The first-order valence-electron chi connectivity index (χ1n) is 7.26. The van der Waals surface area contributed by atoms with E-state index < -0.39 is 0 Å². The highest BCUT2D eigenvalue weighted by molar-refractivity contribution is 5.44. The van der Waals surface area contributed by atoms with E-state index in [9.17, 15) is 0 Å². The monoisotopic (exact) mass is 261 g/mol. The van der Waals surface area contributed by atoms with Crippen LogP contribution in [0.5, 0.6) is 5.75 Å². The molecule has 1 aromatic rings. The molecule has 3 nitrogen and oxygen atoms in total. The van der Waals surface area contributed by atoms with Crippen molar-refractivity contribution in [1.82, 2.24) is 5.32 Å². The summed E-state index contributed by atoms with van der Waals surface area (Å²) in [5, 5.41) is 3.65. The van der Waals surface area contributed by atoms with Crippen molar-refractivity contribution in [3.05, 3.63) is 29.3 Å². The van der Waals surface area contributed by atoms with Crippen molar-refractivity contribution in [3.63, 3.8) is 0 Å². The maximum Gasteiger partial charge on any atom is 0.122 e. The summed E-state index contributed by atoms with van der Waals surface area (Å²) in [6.07, 6.45) is 3.70. The zero-order valence-corrected chi connectivity index (χ0v) is 11.9. The summed E-state index contributed by atoms with van der Waals surface area (Å²) in [6.45, 7) is 4.80. The van der Waals surface area contributed by atoms with Gasteiger partial charge in [0.05, 0.1) is 25.7 Å². The fraction of sp³-hybridized carbons (Fsp3) is 0.625. The zero-order valence-electron chi connectivity index (χ0n) is 11.9. The molecular weight excluding hydrogens is 238 g/mol. The number of rotatable bonds is 6. The molecule has 0 bridgehead atoms. The van der Waals surface area contributed by atoms with Crippen LogP contribution in [0.15, 0.2) is 18.2 Å². The predicted molar refractivity (Wildman–Crippen MR) is 75.9 cm³/mol. The Labute approximate surface area is 115 Å². The molecule has 1 saturated carbocycles. The van der Waals surface area contributed by atoms with Crippen LogP contribution < -0.4 is 10.1 Å². The van der Waals surface area contributed by atoms with Gasteiger partial charge < -0.3 is 14.8 Å². The van der Waals surface area contributed by atoms with Gasteiger partial charge in [-0.3, -0.25) is 0 Å². The van der Waals surface area contributed by atoms with E-state index in [1.54, 1.807) is 7.11 Å². The Bertz CT molecular complexity index is 450. The molecule has 3 rings (SSSR count). The number of aryl methyl sites for hydroxylation is 1. The molecule has 1 saturated heterocycles. The fourth-order valence-corrected chi connectivity index (χ4v) is 2.72. The first-order chi connectivity index (χ1) is 9.27. The second-order valence-electron chi connectivity index (χ2n) is 5.82. The lowest BCUT2D eigenvalue weighted by Gasteiger charge is -2.43. The van der Waals surface area contributed by atoms with E-state index in [-0.39, 0.29) is 5.41 Å². The molecule has 0 amide bonds. The topological polar surface area (TPSA) is 30.5 Å². The van der Waals surface area contributed by atoms with Crippen molar-refractivity contribution < 1.29 is 9.47 Å². The van der Waals surface area contributed by atoms with Crippen molar-refractivity contribution in [2.45, 2.75) is 37.6 Å². The number of ether oxygens (including phenoxy) is 2. The molecule has 0 radical (unpaired) electrons. The van der Waals surface area contributed by atoms with Gasteiger partial charge in [-0.2, -0.15) is 0 Å². The van der Waals surface area contributed by atoms with Crippen LogP contribution in [0.2, 0.25) is 0 Å². The lowest BCUT2D eigenvalue weighted by atomic mass is 9.77. The molecule has 2 fully saturated rings. The summed E-state index contributed by atoms with van der Waals surface area (Å²) in [4.78, 5) is 0. The minimum absolute atomic E-state index is 0.110. The molecule has 1 heterocycles. The normalized spacial score (nSPS) is 20.9. The number of hydrogen-bond acceptors (Lipinski definition) is 3. The first kappa shape index (κ1) is 12.9. The molecule has 1 aliphatic carbocycles. The van der Waals surface area contributed by atoms with Crippen molar-refractivity contribution in [1.29, 1.82) is 0 Å². The average molecular weight is 261 g/mol. The third-order valence-corrected chi connectivity index (χ3v) is 4.31. The van der Waals surface area contributed by atoms with E-state index in [1.807, 2.05) is 0 Å². The Balaban J connectivity index is 1.87. The van der Waals surface area contributed by atoms with Crippen LogP contribution in [0.4, 0.5) is 0 Å². The number of benzene rings is 1. The molecule has 19 heavy (non-hydrogen) atoms. The molecule has 1 N–H and O–H groups in total. The summed E-state index contributed by atoms with van der Waals surface area (Å²) in [5.41, 5.74) is 2.79. The Morgan fingerprint density at radius 1 is 1.37 bits per heavy atom. The van der Waals surface area contributed by atoms with E-state index in [2.05, 4.69) is 30.4 Å². The van der Waals surface area contributed by atoms with Crippen LogP contribution in [0.3, 0.4) is 0 Å². The van der Waals surface area contributed by atoms with Crippen molar-refractivity contribution in [2.75, 3.05) is 26.9 Å². The second kappa shape index (κ2) is 5.14. The van der Waals surface area contributed by atoms with Gasteiger partial charge in [-0.1, -0.05) is 19.1 Å². The highest BCUT2D eigenvalue weighted by atomic mass is 16.5. The first-order valence-corrected chi connectivity index (χ1v) is 7.26. The van der Waals surface area contributed by atoms with Gasteiger partial charge >= 0.3 is 0 Å². The van der Waals surface area contributed by atoms with Crippen LogP contribution in [0.25, 0.3) is 0 Å². The Hall–Kier alpha value is -1.06. The molecule has 0 atom stereocenters. The summed E-state index contributed by atoms with van der Waals surface area (Å²) < 4.78 is 11.1. The third kappa shape index (κ3) is 2.49. The second-order valence-corrected chi connectivity index (χ2v) is 5.82. The van der Waals surface area contributed by atoms with Gasteiger partial charge in [-0.05, 0) is 30.9 Å². The highest BCUT2D eigenvalue weighted by Crippen LogP contribution is 2.39. The van der Waals surface area contributed by atoms with E-state index in [0.29, 0.717) is 0 Å². The SMILES string of the molecule is CCc1ccc(OC)c(C2(CNC3CC3)COC2)c1. The lowest BCUT2D eigenvalue weighted by molar-refractivity contribution is -0.0600. The molecule has 0 spiro atoms. The lowest BCUT2D eigenvalue weighted by Crippen LogP contribution is -2.54. The van der Waals surface area contributed by atoms with E-state index >= 15 is 0 Å². The fourth-order valence-electron chi connectivity index (χ4n) is 2.72. The van der Waals surface area contributed by atoms with Gasteiger partial charge in [0.25, 0.3) is 0 Å². The maximum absolute atomic E-state index is 5.57. The Morgan fingerprint density at radius 2 is 2.16 bits per heavy atom. The molecule has 0 aromatic heterocycles. The van der Waals surface area contributed by atoms with Crippen molar-refractivity contribution in [3.8, 4) is 5.75 Å². The summed E-state index contributed by atoms with van der Waals surface area (Å²) in [7, 11) is 1.76. The summed E-state index contributed by atoms with van der Waals surface area (Å²) >= 11 is 0. The van der Waals surface area contributed by atoms with Crippen molar-refractivity contribution >= 4 is 0 Å². The molecule has 1 aromatic carbocycles. The molecule has 0 unspecified atom stereocenters. The summed E-state index contributed by atoms with van der Waals surface area (Å²) in [6, 6.07) is 7.29. The van der Waals surface area contributed by atoms with Gasteiger partial charge in [0.1, 0.15) is 5.75 Å². The van der Waals surface area contributed by atoms with Crippen molar-refractivity contribution in [2.24, 2.45) is 0 Å². The highest BCUT2D eigenvalue weighted by Gasteiger charge is 2.43. The van der Waals surface area contributed by atoms with E-state index in [0.717, 1.165) is 38.0 Å². The Kier molecular flexibility index (Phi) is 3.50. The zero-order chi connectivity index (χ0) is 13.3. The minimum Gasteiger partial charge on any atom is -0.496 e. The molecule has 104 valence electrons. The third-order valence-electron chi connectivity index (χ3n) is 4.31. The largest absolute Gasteiger partial charge is 0.496 e. The summed E-state index contributed by atoms with van der Waals surface area (Å²) in [5.74, 6) is 0.998. The van der Waals surface area contributed by atoms with Gasteiger partial charge in [0.15, 0.2) is 0 Å². The van der Waals surface area contributed by atoms with Crippen LogP contribution >= 0.6 is 0 Å². The van der Waals surface area contributed by atoms with Gasteiger partial charge in [0.2, 0.25) is 0 Å². The smallest absolute Gasteiger partial charge is 0.122 e. The maximum atomic E-state index is 5.57.